The Balaban J connectivity index is 1.52. The molecule has 9 heteroatoms. The van der Waals surface area contributed by atoms with E-state index < -0.39 is 0 Å². The van der Waals surface area contributed by atoms with Crippen LogP contribution in [0.2, 0.25) is 0 Å². The second kappa shape index (κ2) is 11.5. The first-order valence-electron chi connectivity index (χ1n) is 10.6. The molecule has 1 atom stereocenters. The molecule has 0 unspecified atom stereocenters. The van der Waals surface area contributed by atoms with Crippen molar-refractivity contribution in [3.8, 4) is 11.5 Å². The molecule has 2 saturated heterocycles. The summed E-state index contributed by atoms with van der Waals surface area (Å²) in [5.74, 6) is 1.29. The smallest absolute Gasteiger partial charge is 0.266 e. The van der Waals surface area contributed by atoms with Crippen molar-refractivity contribution in [3.63, 3.8) is 0 Å². The predicted octanol–water partition coefficient (Wildman–Crippen LogP) is 6.41. The molecule has 5 nitrogen and oxygen atoms in total. The molecule has 174 valence electrons. The molecule has 2 fully saturated rings. The Bertz CT molecular complexity index is 1070. The number of hydrogen-bond donors (Lipinski definition) is 0. The molecule has 4 rings (SSSR count). The van der Waals surface area contributed by atoms with Gasteiger partial charge in [-0.15, -0.1) is 0 Å². The van der Waals surface area contributed by atoms with Crippen molar-refractivity contribution in [2.24, 2.45) is 0 Å². The van der Waals surface area contributed by atoms with Crippen LogP contribution in [0.25, 0.3) is 6.08 Å². The van der Waals surface area contributed by atoms with Crippen LogP contribution in [0.5, 0.6) is 11.5 Å². The van der Waals surface area contributed by atoms with E-state index in [1.807, 2.05) is 49.4 Å². The molecule has 33 heavy (non-hydrogen) atoms. The van der Waals surface area contributed by atoms with E-state index >= 15 is 0 Å². The van der Waals surface area contributed by atoms with Gasteiger partial charge in [-0.25, -0.2) is 0 Å². The van der Waals surface area contributed by atoms with Crippen molar-refractivity contribution in [1.29, 1.82) is 0 Å². The third-order valence-electron chi connectivity index (χ3n) is 5.21. The van der Waals surface area contributed by atoms with Crippen LogP contribution in [0.3, 0.4) is 0 Å². The van der Waals surface area contributed by atoms with Crippen molar-refractivity contribution < 1.29 is 19.0 Å². The number of carbonyl (C=O) groups excluding carboxylic acids is 1. The molecule has 2 aliphatic heterocycles. The number of thiocarbonyl (C=S) groups is 1. The van der Waals surface area contributed by atoms with Crippen LogP contribution in [0.15, 0.2) is 45.8 Å². The monoisotopic (exact) mass is 659 g/mol. The Morgan fingerprint density at radius 3 is 2.79 bits per heavy atom. The molecule has 0 saturated carbocycles. The summed E-state index contributed by atoms with van der Waals surface area (Å²) in [5.41, 5.74) is 1.94. The fourth-order valence-corrected chi connectivity index (χ4v) is 5.93. The summed E-state index contributed by atoms with van der Waals surface area (Å²) >= 11 is 12.5. The lowest BCUT2D eigenvalue weighted by molar-refractivity contribution is -0.123. The van der Waals surface area contributed by atoms with Crippen molar-refractivity contribution in [3.05, 3.63) is 60.5 Å². The van der Waals surface area contributed by atoms with E-state index in [9.17, 15) is 4.79 Å². The first-order valence-corrected chi connectivity index (χ1v) is 13.7. The maximum atomic E-state index is 13.0. The minimum absolute atomic E-state index is 0.0657. The Labute approximate surface area is 225 Å². The number of hydrogen-bond acceptors (Lipinski definition) is 6. The number of nitrogens with zero attached hydrogens (tertiary/aromatic N) is 1. The number of ether oxygens (including phenoxy) is 3. The number of carbonyl (C=O) groups is 1. The van der Waals surface area contributed by atoms with Gasteiger partial charge in [0.15, 0.2) is 11.5 Å². The molecule has 0 spiro atoms. The summed E-state index contributed by atoms with van der Waals surface area (Å²) in [6.45, 7) is 4.16. The normalized spacial score (nSPS) is 19.5. The molecular weight excluding hydrogens is 637 g/mol. The number of amides is 1. The molecule has 0 radical (unpaired) electrons. The number of halogens is 2. The van der Waals surface area contributed by atoms with E-state index in [-0.39, 0.29) is 12.0 Å². The molecule has 0 bridgehead atoms. The first-order chi connectivity index (χ1) is 15.9. The highest BCUT2D eigenvalue weighted by atomic mass is 127. The zero-order valence-electron chi connectivity index (χ0n) is 18.0. The lowest BCUT2D eigenvalue weighted by atomic mass is 10.1. The highest BCUT2D eigenvalue weighted by Gasteiger charge is 2.34. The number of rotatable bonds is 8. The van der Waals surface area contributed by atoms with Gasteiger partial charge in [0.1, 0.15) is 10.9 Å². The third-order valence-corrected chi connectivity index (χ3v) is 7.92. The lowest BCUT2D eigenvalue weighted by Gasteiger charge is -2.18. The zero-order chi connectivity index (χ0) is 23.4. The summed E-state index contributed by atoms with van der Waals surface area (Å²) in [6.07, 6.45) is 3.94. The average Bonchev–Trinajstić information content (AvgIpc) is 3.39. The molecule has 2 heterocycles. The van der Waals surface area contributed by atoms with Gasteiger partial charge >= 0.3 is 0 Å². The standard InChI is InChI=1S/C24H23BrINO4S2/c1-2-29-20-11-16(10-19(26)22(20)31-14-15-5-7-17(25)8-6-15)12-21-23(28)27(24(32)33-21)13-18-4-3-9-30-18/h5-8,10-12,18H,2-4,9,13-14H2,1H3/b21-12-/t18-/m0/s1. The quantitative estimate of drug-likeness (QED) is 0.185. The van der Waals surface area contributed by atoms with E-state index in [2.05, 4.69) is 38.5 Å². The predicted molar refractivity (Wildman–Crippen MR) is 148 cm³/mol. The Hall–Kier alpha value is -1.14. The summed E-state index contributed by atoms with van der Waals surface area (Å²) in [4.78, 5) is 15.3. The van der Waals surface area contributed by atoms with Crippen molar-refractivity contribution in [2.45, 2.75) is 32.5 Å². The van der Waals surface area contributed by atoms with Crippen LogP contribution in [0.1, 0.15) is 30.9 Å². The highest BCUT2D eigenvalue weighted by Crippen LogP contribution is 2.38. The van der Waals surface area contributed by atoms with E-state index in [0.29, 0.717) is 40.5 Å². The molecule has 2 aromatic carbocycles. The summed E-state index contributed by atoms with van der Waals surface area (Å²) in [7, 11) is 0. The van der Waals surface area contributed by atoms with E-state index in [4.69, 9.17) is 26.4 Å². The Kier molecular flexibility index (Phi) is 8.72. The van der Waals surface area contributed by atoms with Gasteiger partial charge in [0, 0.05) is 11.1 Å². The van der Waals surface area contributed by atoms with Crippen molar-refractivity contribution in [1.82, 2.24) is 4.90 Å². The largest absolute Gasteiger partial charge is 0.490 e. The highest BCUT2D eigenvalue weighted by molar-refractivity contribution is 14.1. The van der Waals surface area contributed by atoms with Crippen LogP contribution < -0.4 is 9.47 Å². The van der Waals surface area contributed by atoms with Gasteiger partial charge in [-0.1, -0.05) is 52.0 Å². The van der Waals surface area contributed by atoms with Gasteiger partial charge in [-0.3, -0.25) is 9.69 Å². The topological polar surface area (TPSA) is 48.0 Å². The molecule has 0 aromatic heterocycles. The third kappa shape index (κ3) is 6.30. The maximum absolute atomic E-state index is 13.0. The number of benzene rings is 2. The zero-order valence-corrected chi connectivity index (χ0v) is 23.4. The van der Waals surface area contributed by atoms with E-state index in [1.165, 1.54) is 11.8 Å². The van der Waals surface area contributed by atoms with E-state index in [0.717, 1.165) is 38.6 Å². The second-order valence-corrected chi connectivity index (χ2v) is 11.4. The van der Waals surface area contributed by atoms with Gasteiger partial charge in [-0.2, -0.15) is 0 Å². The van der Waals surface area contributed by atoms with Crippen LogP contribution in [-0.2, 0) is 16.1 Å². The second-order valence-electron chi connectivity index (χ2n) is 7.61. The fraction of sp³-hybridized carbons (Fsp3) is 0.333. The maximum Gasteiger partial charge on any atom is 0.266 e. The van der Waals surface area contributed by atoms with E-state index in [1.54, 1.807) is 4.90 Å². The summed E-state index contributed by atoms with van der Waals surface area (Å²) in [6, 6.07) is 11.9. The molecule has 2 aromatic rings. The van der Waals surface area contributed by atoms with Gasteiger partial charge in [-0.05, 0) is 83.8 Å². The minimum atomic E-state index is -0.0657. The van der Waals surface area contributed by atoms with Gasteiger partial charge in [0.05, 0.1) is 27.7 Å². The van der Waals surface area contributed by atoms with Crippen molar-refractivity contribution >= 4 is 78.8 Å². The van der Waals surface area contributed by atoms with Crippen LogP contribution in [-0.4, -0.2) is 41.0 Å². The molecular formula is C24H23BrINO4S2. The van der Waals surface area contributed by atoms with Crippen molar-refractivity contribution in [2.75, 3.05) is 19.8 Å². The number of thioether (sulfide) groups is 1. The lowest BCUT2D eigenvalue weighted by Crippen LogP contribution is -2.35. The van der Waals surface area contributed by atoms with Crippen LogP contribution in [0, 0.1) is 3.57 Å². The Morgan fingerprint density at radius 1 is 1.30 bits per heavy atom. The first kappa shape index (κ1) is 25.0. The summed E-state index contributed by atoms with van der Waals surface area (Å²) < 4.78 is 20.2. The molecule has 1 amide bonds. The fourth-order valence-electron chi connectivity index (χ4n) is 3.61. The molecule has 0 aliphatic carbocycles. The van der Waals surface area contributed by atoms with Crippen LogP contribution >= 0.6 is 62.5 Å². The minimum Gasteiger partial charge on any atom is -0.490 e. The van der Waals surface area contributed by atoms with Crippen LogP contribution in [0.4, 0.5) is 0 Å². The molecule has 0 N–H and O–H groups in total. The van der Waals surface area contributed by atoms with Gasteiger partial charge in [0.2, 0.25) is 0 Å². The van der Waals surface area contributed by atoms with Gasteiger partial charge < -0.3 is 14.2 Å². The Morgan fingerprint density at radius 2 is 2.09 bits per heavy atom. The summed E-state index contributed by atoms with van der Waals surface area (Å²) in [5, 5.41) is 0. The average molecular weight is 660 g/mol. The van der Waals surface area contributed by atoms with Gasteiger partial charge in [0.25, 0.3) is 5.91 Å². The SMILES string of the molecule is CCOc1cc(/C=C2\SC(=S)N(C[C@@H]3CCCO3)C2=O)cc(I)c1OCc1ccc(Br)cc1. The molecule has 2 aliphatic rings.